The third-order valence-corrected chi connectivity index (χ3v) is 4.03. The zero-order valence-corrected chi connectivity index (χ0v) is 11.9. The van der Waals surface area contributed by atoms with Crippen molar-refractivity contribution < 1.29 is 13.9 Å². The van der Waals surface area contributed by atoms with Gasteiger partial charge in [-0.25, -0.2) is 8.78 Å². The van der Waals surface area contributed by atoms with Crippen LogP contribution in [0.4, 0.5) is 8.78 Å². The summed E-state index contributed by atoms with van der Waals surface area (Å²) in [7, 11) is 0. The molecule has 0 saturated heterocycles. The minimum atomic E-state index is -1.11. The molecule has 1 nitrogen and oxygen atoms in total. The van der Waals surface area contributed by atoms with Crippen molar-refractivity contribution in [2.24, 2.45) is 0 Å². The molecular weight excluding hydrogens is 372 g/mol. The maximum absolute atomic E-state index is 13.1. The lowest BCUT2D eigenvalue weighted by atomic mass is 10.0. The Morgan fingerprint density at radius 2 is 1.61 bits per heavy atom. The molecule has 18 heavy (non-hydrogen) atoms. The van der Waals surface area contributed by atoms with Crippen molar-refractivity contribution in [2.45, 2.75) is 6.10 Å². The van der Waals surface area contributed by atoms with Crippen LogP contribution in [0.15, 0.2) is 36.4 Å². The maximum atomic E-state index is 13.1. The smallest absolute Gasteiger partial charge is 0.126 e. The van der Waals surface area contributed by atoms with E-state index in [0.29, 0.717) is 10.6 Å². The number of rotatable bonds is 2. The standard InChI is InChI=1S/C13H8ClF2IO/c14-11-5-7(1-2-12(11)17)13(18)8-3-9(15)6-10(16)4-8/h1-6,13,18H. The predicted molar refractivity (Wildman–Crippen MR) is 74.6 cm³/mol. The fourth-order valence-corrected chi connectivity index (χ4v) is 2.13. The number of hydrogen-bond donors (Lipinski definition) is 1. The molecule has 94 valence electrons. The van der Waals surface area contributed by atoms with Crippen LogP contribution in [-0.4, -0.2) is 5.11 Å². The molecule has 0 amide bonds. The first kappa shape index (κ1) is 13.7. The molecular formula is C13H8ClF2IO. The third-order valence-electron chi connectivity index (χ3n) is 2.46. The van der Waals surface area contributed by atoms with E-state index in [-0.39, 0.29) is 5.56 Å². The van der Waals surface area contributed by atoms with Crippen molar-refractivity contribution in [3.63, 3.8) is 0 Å². The maximum Gasteiger partial charge on any atom is 0.126 e. The van der Waals surface area contributed by atoms with E-state index in [2.05, 4.69) is 22.6 Å². The van der Waals surface area contributed by atoms with Crippen LogP contribution in [0.3, 0.4) is 0 Å². The molecule has 1 atom stereocenters. The van der Waals surface area contributed by atoms with E-state index in [1.165, 1.54) is 0 Å². The van der Waals surface area contributed by atoms with E-state index in [1.807, 2.05) is 0 Å². The first-order chi connectivity index (χ1) is 8.47. The topological polar surface area (TPSA) is 20.2 Å². The molecule has 0 heterocycles. The minimum Gasteiger partial charge on any atom is -0.384 e. The molecule has 0 saturated carbocycles. The number of aliphatic hydroxyl groups excluding tert-OH is 1. The molecule has 5 heteroatoms. The monoisotopic (exact) mass is 380 g/mol. The second-order valence-electron chi connectivity index (χ2n) is 3.78. The number of aliphatic hydroxyl groups is 1. The molecule has 0 fully saturated rings. The van der Waals surface area contributed by atoms with Crippen molar-refractivity contribution in [3.8, 4) is 0 Å². The Balaban J connectivity index is 2.40. The Morgan fingerprint density at radius 1 is 1.00 bits per heavy atom. The quantitative estimate of drug-likeness (QED) is 0.770. The van der Waals surface area contributed by atoms with Gasteiger partial charge in [0, 0.05) is 9.64 Å². The average Bonchev–Trinajstić information content (AvgIpc) is 2.30. The lowest BCUT2D eigenvalue weighted by Crippen LogP contribution is -2.01. The zero-order chi connectivity index (χ0) is 13.3. The molecule has 0 aliphatic rings. The summed E-state index contributed by atoms with van der Waals surface area (Å²) in [5.41, 5.74) is 0.648. The van der Waals surface area contributed by atoms with Crippen LogP contribution in [0, 0.1) is 15.2 Å². The summed E-state index contributed by atoms with van der Waals surface area (Å²) < 4.78 is 27.0. The second-order valence-corrected chi connectivity index (χ2v) is 5.35. The van der Waals surface area contributed by atoms with Gasteiger partial charge in [-0.2, -0.15) is 0 Å². The van der Waals surface area contributed by atoms with Gasteiger partial charge < -0.3 is 5.11 Å². The highest BCUT2D eigenvalue weighted by Crippen LogP contribution is 2.27. The first-order valence-electron chi connectivity index (χ1n) is 5.06. The van der Waals surface area contributed by atoms with Crippen LogP contribution in [0.5, 0.6) is 0 Å². The molecule has 0 aromatic heterocycles. The molecule has 2 aromatic carbocycles. The Hall–Kier alpha value is -0.720. The number of benzene rings is 2. The lowest BCUT2D eigenvalue weighted by Gasteiger charge is -2.12. The van der Waals surface area contributed by atoms with Crippen LogP contribution in [0.2, 0.25) is 5.02 Å². The lowest BCUT2D eigenvalue weighted by molar-refractivity contribution is 0.219. The minimum absolute atomic E-state index is 0.157. The Kier molecular flexibility index (Phi) is 4.19. The van der Waals surface area contributed by atoms with Crippen LogP contribution in [0.25, 0.3) is 0 Å². The van der Waals surface area contributed by atoms with Crippen molar-refractivity contribution in [3.05, 3.63) is 67.8 Å². The van der Waals surface area contributed by atoms with Crippen molar-refractivity contribution in [1.29, 1.82) is 0 Å². The van der Waals surface area contributed by atoms with Crippen molar-refractivity contribution in [2.75, 3.05) is 0 Å². The summed E-state index contributed by atoms with van der Waals surface area (Å²) in [6.45, 7) is 0. The van der Waals surface area contributed by atoms with Gasteiger partial charge in [-0.15, -0.1) is 0 Å². The SMILES string of the molecule is OC(c1cc(F)cc(F)c1)c1ccc(I)c(Cl)c1. The van der Waals surface area contributed by atoms with E-state index >= 15 is 0 Å². The Bertz CT molecular complexity index is 569. The van der Waals surface area contributed by atoms with Crippen LogP contribution < -0.4 is 0 Å². The Morgan fingerprint density at radius 3 is 2.17 bits per heavy atom. The summed E-state index contributed by atoms with van der Waals surface area (Å²) in [4.78, 5) is 0. The first-order valence-corrected chi connectivity index (χ1v) is 6.52. The number of hydrogen-bond acceptors (Lipinski definition) is 1. The van der Waals surface area contributed by atoms with E-state index in [0.717, 1.165) is 21.8 Å². The van der Waals surface area contributed by atoms with Gasteiger partial charge in [0.15, 0.2) is 0 Å². The molecule has 0 radical (unpaired) electrons. The highest BCUT2D eigenvalue weighted by molar-refractivity contribution is 14.1. The van der Waals surface area contributed by atoms with E-state index < -0.39 is 17.7 Å². The zero-order valence-electron chi connectivity index (χ0n) is 9.00. The van der Waals surface area contributed by atoms with Gasteiger partial charge in [0.25, 0.3) is 0 Å². The van der Waals surface area contributed by atoms with Gasteiger partial charge in [-0.3, -0.25) is 0 Å². The van der Waals surface area contributed by atoms with E-state index in [4.69, 9.17) is 11.6 Å². The normalized spacial score (nSPS) is 12.5. The molecule has 0 aliphatic carbocycles. The average molecular weight is 381 g/mol. The third kappa shape index (κ3) is 2.99. The van der Waals surface area contributed by atoms with Gasteiger partial charge in [0.05, 0.1) is 5.02 Å². The highest BCUT2D eigenvalue weighted by atomic mass is 127. The van der Waals surface area contributed by atoms with Crippen molar-refractivity contribution >= 4 is 34.2 Å². The molecule has 0 spiro atoms. The predicted octanol–water partition coefficient (Wildman–Crippen LogP) is 4.30. The largest absolute Gasteiger partial charge is 0.384 e. The summed E-state index contributed by atoms with van der Waals surface area (Å²) in [5, 5.41) is 10.6. The van der Waals surface area contributed by atoms with Crippen LogP contribution in [0.1, 0.15) is 17.2 Å². The summed E-state index contributed by atoms with van der Waals surface area (Å²) in [5.74, 6) is -1.44. The molecule has 2 rings (SSSR count). The van der Waals surface area contributed by atoms with E-state index in [1.54, 1.807) is 18.2 Å². The molecule has 1 N–H and O–H groups in total. The summed E-state index contributed by atoms with van der Waals surface area (Å²) in [6.07, 6.45) is -1.11. The molecule has 2 aromatic rings. The van der Waals surface area contributed by atoms with Crippen LogP contribution >= 0.6 is 34.2 Å². The molecule has 0 bridgehead atoms. The van der Waals surface area contributed by atoms with Gasteiger partial charge in [-0.1, -0.05) is 17.7 Å². The highest BCUT2D eigenvalue weighted by Gasteiger charge is 2.14. The van der Waals surface area contributed by atoms with Crippen LogP contribution in [-0.2, 0) is 0 Å². The molecule has 1 unspecified atom stereocenters. The van der Waals surface area contributed by atoms with E-state index in [9.17, 15) is 13.9 Å². The van der Waals surface area contributed by atoms with Gasteiger partial charge >= 0.3 is 0 Å². The second kappa shape index (κ2) is 5.50. The van der Waals surface area contributed by atoms with Gasteiger partial charge in [0.1, 0.15) is 17.7 Å². The summed E-state index contributed by atoms with van der Waals surface area (Å²) >= 11 is 8.00. The Labute approximate surface area is 122 Å². The van der Waals surface area contributed by atoms with Crippen molar-refractivity contribution in [1.82, 2.24) is 0 Å². The van der Waals surface area contributed by atoms with Gasteiger partial charge in [-0.05, 0) is 58.0 Å². The number of halogens is 4. The molecule has 0 aliphatic heterocycles. The fourth-order valence-electron chi connectivity index (χ4n) is 1.61. The fraction of sp³-hybridized carbons (Fsp3) is 0.0769. The summed E-state index contributed by atoms with van der Waals surface area (Å²) in [6, 6.07) is 7.94. The van der Waals surface area contributed by atoms with Gasteiger partial charge in [0.2, 0.25) is 0 Å².